The molecule has 1 aliphatic rings. The van der Waals surface area contributed by atoms with E-state index in [1.165, 1.54) is 0 Å². The Kier molecular flexibility index (Phi) is 4.86. The highest BCUT2D eigenvalue weighted by Crippen LogP contribution is 2.29. The van der Waals surface area contributed by atoms with Crippen LogP contribution in [-0.2, 0) is 4.74 Å². The summed E-state index contributed by atoms with van der Waals surface area (Å²) in [5.74, 6) is 0. The second-order valence-electron chi connectivity index (χ2n) is 5.22. The number of hydrogen-bond donors (Lipinski definition) is 2. The number of nitrogens with zero attached hydrogens (tertiary/aromatic N) is 1. The van der Waals surface area contributed by atoms with E-state index in [1.54, 1.807) is 6.07 Å². The number of aliphatic hydroxyl groups is 1. The predicted molar refractivity (Wildman–Crippen MR) is 85.6 cm³/mol. The average molecular weight is 315 g/mol. The summed E-state index contributed by atoms with van der Waals surface area (Å²) in [6, 6.07) is 5.47. The third-order valence-corrected chi connectivity index (χ3v) is 4.14. The summed E-state index contributed by atoms with van der Waals surface area (Å²) < 4.78 is 5.29. The van der Waals surface area contributed by atoms with Crippen molar-refractivity contribution in [3.8, 4) is 0 Å². The van der Waals surface area contributed by atoms with Crippen LogP contribution < -0.4 is 10.6 Å². The third kappa shape index (κ3) is 3.61. The first-order chi connectivity index (χ1) is 9.41. The Labute approximate surface area is 129 Å². The van der Waals surface area contributed by atoms with E-state index in [0.717, 1.165) is 11.3 Å². The van der Waals surface area contributed by atoms with Crippen LogP contribution >= 0.6 is 23.8 Å². The van der Waals surface area contributed by atoms with Gasteiger partial charge in [0, 0.05) is 45.2 Å². The van der Waals surface area contributed by atoms with Crippen molar-refractivity contribution in [1.29, 1.82) is 0 Å². The van der Waals surface area contributed by atoms with Crippen LogP contribution in [0.25, 0.3) is 0 Å². The molecule has 1 aromatic carbocycles. The standard InChI is InChI=1S/C14H19ClN2O2S/c1-17(9-14(18)4-6-19-7-5-14)12-3-2-10(13(16)20)8-11(12)15/h2-3,8,18H,4-7,9H2,1H3,(H2,16,20). The van der Waals surface area contributed by atoms with Crippen molar-refractivity contribution in [2.45, 2.75) is 18.4 Å². The maximum absolute atomic E-state index is 10.5. The highest BCUT2D eigenvalue weighted by Gasteiger charge is 2.31. The van der Waals surface area contributed by atoms with E-state index >= 15 is 0 Å². The molecule has 0 amide bonds. The number of ether oxygens (including phenoxy) is 1. The Balaban J connectivity index is 2.12. The Morgan fingerprint density at radius 1 is 1.50 bits per heavy atom. The minimum Gasteiger partial charge on any atom is -0.389 e. The van der Waals surface area contributed by atoms with Crippen molar-refractivity contribution in [1.82, 2.24) is 0 Å². The van der Waals surface area contributed by atoms with E-state index in [-0.39, 0.29) is 0 Å². The van der Waals surface area contributed by atoms with Gasteiger partial charge in [-0.3, -0.25) is 0 Å². The normalized spacial score (nSPS) is 17.8. The molecule has 110 valence electrons. The van der Waals surface area contributed by atoms with Gasteiger partial charge in [-0.2, -0.15) is 0 Å². The van der Waals surface area contributed by atoms with Gasteiger partial charge in [0.05, 0.1) is 16.3 Å². The summed E-state index contributed by atoms with van der Waals surface area (Å²) in [5.41, 5.74) is 6.46. The lowest BCUT2D eigenvalue weighted by molar-refractivity contribution is -0.0572. The van der Waals surface area contributed by atoms with E-state index in [2.05, 4.69) is 0 Å². The number of halogens is 1. The summed E-state index contributed by atoms with van der Waals surface area (Å²) in [6.45, 7) is 1.71. The maximum Gasteiger partial charge on any atom is 0.104 e. The van der Waals surface area contributed by atoms with Crippen LogP contribution in [-0.4, -0.2) is 42.5 Å². The number of benzene rings is 1. The molecule has 1 fully saturated rings. The van der Waals surface area contributed by atoms with Gasteiger partial charge in [0.2, 0.25) is 0 Å². The fourth-order valence-electron chi connectivity index (χ4n) is 2.41. The summed E-state index contributed by atoms with van der Waals surface area (Å²) in [6.07, 6.45) is 1.28. The van der Waals surface area contributed by atoms with Crippen molar-refractivity contribution in [2.75, 3.05) is 31.7 Å². The van der Waals surface area contributed by atoms with Crippen molar-refractivity contribution >= 4 is 34.5 Å². The molecule has 0 atom stereocenters. The molecule has 0 radical (unpaired) electrons. The van der Waals surface area contributed by atoms with Crippen molar-refractivity contribution in [3.05, 3.63) is 28.8 Å². The van der Waals surface area contributed by atoms with E-state index in [0.29, 0.717) is 42.6 Å². The van der Waals surface area contributed by atoms with Crippen molar-refractivity contribution < 1.29 is 9.84 Å². The zero-order chi connectivity index (χ0) is 14.8. The minimum atomic E-state index is -0.724. The molecule has 0 unspecified atom stereocenters. The molecule has 3 N–H and O–H groups in total. The lowest BCUT2D eigenvalue weighted by Crippen LogP contribution is -2.45. The number of likely N-dealkylation sites (N-methyl/N-ethyl adjacent to an activating group) is 1. The first-order valence-corrected chi connectivity index (χ1v) is 7.30. The largest absolute Gasteiger partial charge is 0.389 e. The lowest BCUT2D eigenvalue weighted by Gasteiger charge is -2.36. The molecule has 0 spiro atoms. The summed E-state index contributed by atoms with van der Waals surface area (Å²) in [5, 5.41) is 11.1. The number of rotatable bonds is 4. The quantitative estimate of drug-likeness (QED) is 0.832. The molecule has 6 heteroatoms. The molecule has 1 heterocycles. The van der Waals surface area contributed by atoms with Gasteiger partial charge >= 0.3 is 0 Å². The molecule has 1 aliphatic heterocycles. The van der Waals surface area contributed by atoms with Crippen LogP contribution in [0.15, 0.2) is 18.2 Å². The number of nitrogens with two attached hydrogens (primary N) is 1. The van der Waals surface area contributed by atoms with E-state index in [9.17, 15) is 5.11 Å². The molecule has 2 rings (SSSR count). The first-order valence-electron chi connectivity index (χ1n) is 6.52. The van der Waals surface area contributed by atoms with Crippen LogP contribution in [0.3, 0.4) is 0 Å². The molecule has 1 aromatic rings. The highest BCUT2D eigenvalue weighted by atomic mass is 35.5. The molecular weight excluding hydrogens is 296 g/mol. The zero-order valence-electron chi connectivity index (χ0n) is 11.4. The van der Waals surface area contributed by atoms with E-state index in [1.807, 2.05) is 24.1 Å². The van der Waals surface area contributed by atoms with Gasteiger partial charge in [-0.1, -0.05) is 23.8 Å². The van der Waals surface area contributed by atoms with Gasteiger partial charge in [-0.15, -0.1) is 0 Å². The van der Waals surface area contributed by atoms with Gasteiger partial charge in [0.1, 0.15) is 4.99 Å². The molecule has 0 saturated carbocycles. The SMILES string of the molecule is CN(CC1(O)CCOCC1)c1ccc(C(N)=S)cc1Cl. The Bertz CT molecular complexity index is 504. The fraction of sp³-hybridized carbons (Fsp3) is 0.500. The first kappa shape index (κ1) is 15.5. The average Bonchev–Trinajstić information content (AvgIpc) is 2.38. The van der Waals surface area contributed by atoms with Crippen LogP contribution in [0, 0.1) is 0 Å². The van der Waals surface area contributed by atoms with Crippen LogP contribution in [0.2, 0.25) is 5.02 Å². The van der Waals surface area contributed by atoms with E-state index < -0.39 is 5.60 Å². The fourth-order valence-corrected chi connectivity index (χ4v) is 2.86. The molecule has 4 nitrogen and oxygen atoms in total. The topological polar surface area (TPSA) is 58.7 Å². The molecule has 0 aromatic heterocycles. The Hall–Kier alpha value is -0.880. The summed E-state index contributed by atoms with van der Waals surface area (Å²) in [4.78, 5) is 2.28. The van der Waals surface area contributed by atoms with Gasteiger partial charge in [-0.05, 0) is 18.2 Å². The Morgan fingerprint density at radius 2 is 2.15 bits per heavy atom. The molecular formula is C14H19ClN2O2S. The summed E-state index contributed by atoms with van der Waals surface area (Å²) >= 11 is 11.2. The van der Waals surface area contributed by atoms with E-state index in [4.69, 9.17) is 34.3 Å². The van der Waals surface area contributed by atoms with Crippen LogP contribution in [0.4, 0.5) is 5.69 Å². The van der Waals surface area contributed by atoms with Gasteiger partial charge in [0.25, 0.3) is 0 Å². The van der Waals surface area contributed by atoms with Crippen LogP contribution in [0.1, 0.15) is 18.4 Å². The van der Waals surface area contributed by atoms with Gasteiger partial charge in [0.15, 0.2) is 0 Å². The second kappa shape index (κ2) is 6.26. The zero-order valence-corrected chi connectivity index (χ0v) is 13.0. The monoisotopic (exact) mass is 314 g/mol. The second-order valence-corrected chi connectivity index (χ2v) is 6.07. The van der Waals surface area contributed by atoms with Crippen molar-refractivity contribution in [3.63, 3.8) is 0 Å². The number of anilines is 1. The lowest BCUT2D eigenvalue weighted by atomic mass is 9.93. The number of hydrogen-bond acceptors (Lipinski definition) is 4. The maximum atomic E-state index is 10.5. The smallest absolute Gasteiger partial charge is 0.104 e. The summed E-state index contributed by atoms with van der Waals surface area (Å²) in [7, 11) is 1.91. The highest BCUT2D eigenvalue weighted by molar-refractivity contribution is 7.80. The van der Waals surface area contributed by atoms with Gasteiger partial charge < -0.3 is 20.5 Å². The minimum absolute atomic E-state index is 0.323. The molecule has 20 heavy (non-hydrogen) atoms. The molecule has 1 saturated heterocycles. The molecule has 0 bridgehead atoms. The van der Waals surface area contributed by atoms with Crippen LogP contribution in [0.5, 0.6) is 0 Å². The third-order valence-electron chi connectivity index (χ3n) is 3.60. The number of thiocarbonyl (C=S) groups is 1. The van der Waals surface area contributed by atoms with Crippen molar-refractivity contribution in [2.24, 2.45) is 5.73 Å². The predicted octanol–water partition coefficient (Wildman–Crippen LogP) is 1.95. The Morgan fingerprint density at radius 3 is 2.70 bits per heavy atom. The van der Waals surface area contributed by atoms with Gasteiger partial charge in [-0.25, -0.2) is 0 Å². The molecule has 0 aliphatic carbocycles.